The van der Waals surface area contributed by atoms with Crippen LogP contribution in [0.15, 0.2) is 29.4 Å². The van der Waals surface area contributed by atoms with Gasteiger partial charge < -0.3 is 15.4 Å². The molecule has 1 aliphatic heterocycles. The predicted octanol–water partition coefficient (Wildman–Crippen LogP) is 3.72. The molecule has 2 heterocycles. The number of nitrogens with zero attached hydrogens (tertiary/aromatic N) is 3. The number of halogens is 1. The SMILES string of the molecule is CCNC(=NCc1ccc2c(c1)COC2)NC1CCc2cn(C(C)C)nc2C1.I. The lowest BCUT2D eigenvalue weighted by molar-refractivity contribution is 0.134. The van der Waals surface area contributed by atoms with Gasteiger partial charge >= 0.3 is 0 Å². The van der Waals surface area contributed by atoms with Gasteiger partial charge in [-0.2, -0.15) is 5.10 Å². The molecule has 1 aromatic carbocycles. The molecule has 0 fully saturated rings. The van der Waals surface area contributed by atoms with E-state index in [2.05, 4.69) is 60.5 Å². The third-order valence-electron chi connectivity index (χ3n) is 5.52. The highest BCUT2D eigenvalue weighted by atomic mass is 127. The summed E-state index contributed by atoms with van der Waals surface area (Å²) in [4.78, 5) is 4.82. The summed E-state index contributed by atoms with van der Waals surface area (Å²) in [7, 11) is 0. The highest BCUT2D eigenvalue weighted by Gasteiger charge is 2.23. The highest BCUT2D eigenvalue weighted by Crippen LogP contribution is 2.22. The number of hydrogen-bond acceptors (Lipinski definition) is 3. The molecule has 1 atom stereocenters. The largest absolute Gasteiger partial charge is 0.372 e. The van der Waals surface area contributed by atoms with Crippen molar-refractivity contribution in [1.29, 1.82) is 0 Å². The van der Waals surface area contributed by atoms with Crippen LogP contribution in [-0.4, -0.2) is 28.3 Å². The second kappa shape index (κ2) is 9.93. The molecular weight excluding hydrogens is 477 g/mol. The highest BCUT2D eigenvalue weighted by molar-refractivity contribution is 14.0. The maximum absolute atomic E-state index is 5.51. The van der Waals surface area contributed by atoms with Crippen molar-refractivity contribution < 1.29 is 4.74 Å². The fourth-order valence-corrected chi connectivity index (χ4v) is 3.91. The van der Waals surface area contributed by atoms with E-state index in [1.165, 1.54) is 27.9 Å². The first kappa shape index (κ1) is 22.1. The second-order valence-corrected chi connectivity index (χ2v) is 8.05. The zero-order valence-electron chi connectivity index (χ0n) is 17.6. The minimum absolute atomic E-state index is 0. The van der Waals surface area contributed by atoms with Crippen molar-refractivity contribution in [3.8, 4) is 0 Å². The van der Waals surface area contributed by atoms with E-state index in [1.807, 2.05) is 0 Å². The Kier molecular flexibility index (Phi) is 7.56. The first-order valence-electron chi connectivity index (χ1n) is 10.4. The summed E-state index contributed by atoms with van der Waals surface area (Å²) in [5, 5.41) is 11.8. The van der Waals surface area contributed by atoms with Crippen LogP contribution >= 0.6 is 24.0 Å². The first-order valence-corrected chi connectivity index (χ1v) is 10.4. The quantitative estimate of drug-likeness (QED) is 0.367. The molecule has 0 bridgehead atoms. The van der Waals surface area contributed by atoms with E-state index in [9.17, 15) is 0 Å². The lowest BCUT2D eigenvalue weighted by Gasteiger charge is -2.24. The van der Waals surface area contributed by atoms with Crippen molar-refractivity contribution in [3.63, 3.8) is 0 Å². The summed E-state index contributed by atoms with van der Waals surface area (Å²) < 4.78 is 7.60. The lowest BCUT2D eigenvalue weighted by Crippen LogP contribution is -2.45. The van der Waals surface area contributed by atoms with E-state index in [4.69, 9.17) is 14.8 Å². The normalized spacial score (nSPS) is 18.2. The van der Waals surface area contributed by atoms with Crippen LogP contribution in [0.1, 0.15) is 61.2 Å². The molecule has 158 valence electrons. The summed E-state index contributed by atoms with van der Waals surface area (Å²) in [6, 6.07) is 7.33. The van der Waals surface area contributed by atoms with E-state index in [0.717, 1.165) is 45.0 Å². The number of aromatic nitrogens is 2. The molecule has 1 unspecified atom stereocenters. The summed E-state index contributed by atoms with van der Waals surface area (Å²) in [5.41, 5.74) is 6.45. The predicted molar refractivity (Wildman–Crippen MR) is 127 cm³/mol. The minimum atomic E-state index is 0. The van der Waals surface area contributed by atoms with E-state index in [0.29, 0.717) is 18.6 Å². The van der Waals surface area contributed by atoms with Crippen LogP contribution < -0.4 is 10.6 Å². The van der Waals surface area contributed by atoms with Crippen molar-refractivity contribution in [1.82, 2.24) is 20.4 Å². The molecule has 4 rings (SSSR count). The zero-order chi connectivity index (χ0) is 19.5. The van der Waals surface area contributed by atoms with Crippen molar-refractivity contribution >= 4 is 29.9 Å². The monoisotopic (exact) mass is 509 g/mol. The molecule has 2 N–H and O–H groups in total. The Bertz CT molecular complexity index is 861. The molecule has 29 heavy (non-hydrogen) atoms. The average Bonchev–Trinajstić information content (AvgIpc) is 3.32. The lowest BCUT2D eigenvalue weighted by atomic mass is 9.94. The number of aryl methyl sites for hydroxylation is 1. The van der Waals surface area contributed by atoms with Crippen molar-refractivity contribution in [2.45, 2.75) is 71.9 Å². The van der Waals surface area contributed by atoms with Crippen LogP contribution in [0.2, 0.25) is 0 Å². The molecule has 2 aliphatic rings. The third kappa shape index (κ3) is 5.31. The Balaban J connectivity index is 0.00000240. The minimum Gasteiger partial charge on any atom is -0.372 e. The number of benzene rings is 1. The summed E-state index contributed by atoms with van der Waals surface area (Å²) in [6.07, 6.45) is 5.35. The van der Waals surface area contributed by atoms with Gasteiger partial charge in [0, 0.05) is 31.2 Å². The van der Waals surface area contributed by atoms with E-state index < -0.39 is 0 Å². The molecular formula is C22H32IN5O. The number of rotatable bonds is 5. The molecule has 6 nitrogen and oxygen atoms in total. The van der Waals surface area contributed by atoms with Crippen LogP contribution in [0.4, 0.5) is 0 Å². The van der Waals surface area contributed by atoms with E-state index in [1.54, 1.807) is 0 Å². The number of guanidine groups is 1. The van der Waals surface area contributed by atoms with Crippen LogP contribution in [0.5, 0.6) is 0 Å². The molecule has 2 aromatic rings. The molecule has 7 heteroatoms. The van der Waals surface area contributed by atoms with Gasteiger partial charge in [-0.25, -0.2) is 4.99 Å². The summed E-state index contributed by atoms with van der Waals surface area (Å²) >= 11 is 0. The number of fused-ring (bicyclic) bond motifs is 2. The molecule has 1 aromatic heterocycles. The van der Waals surface area contributed by atoms with Gasteiger partial charge in [0.05, 0.1) is 25.5 Å². The topological polar surface area (TPSA) is 63.5 Å². The van der Waals surface area contributed by atoms with E-state index in [-0.39, 0.29) is 24.0 Å². The number of ether oxygens (including phenoxy) is 1. The van der Waals surface area contributed by atoms with Gasteiger partial charge in [0.1, 0.15) is 0 Å². The maximum atomic E-state index is 5.51. The Morgan fingerprint density at radius 2 is 2.10 bits per heavy atom. The number of hydrogen-bond donors (Lipinski definition) is 2. The van der Waals surface area contributed by atoms with Crippen molar-refractivity contribution in [3.05, 3.63) is 52.3 Å². The smallest absolute Gasteiger partial charge is 0.191 e. The van der Waals surface area contributed by atoms with Crippen LogP contribution in [0, 0.1) is 0 Å². The molecule has 0 saturated heterocycles. The van der Waals surface area contributed by atoms with Crippen molar-refractivity contribution in [2.24, 2.45) is 4.99 Å². The average molecular weight is 509 g/mol. The Labute approximate surface area is 190 Å². The fourth-order valence-electron chi connectivity index (χ4n) is 3.91. The molecule has 0 radical (unpaired) electrons. The third-order valence-corrected chi connectivity index (χ3v) is 5.52. The van der Waals surface area contributed by atoms with E-state index >= 15 is 0 Å². The van der Waals surface area contributed by atoms with Gasteiger partial charge in [0.25, 0.3) is 0 Å². The molecule has 0 spiro atoms. The molecule has 0 amide bonds. The maximum Gasteiger partial charge on any atom is 0.191 e. The summed E-state index contributed by atoms with van der Waals surface area (Å²) in [6.45, 7) is 9.43. The van der Waals surface area contributed by atoms with Gasteiger partial charge in [-0.05, 0) is 55.9 Å². The van der Waals surface area contributed by atoms with Crippen LogP contribution in [0.25, 0.3) is 0 Å². The van der Waals surface area contributed by atoms with Gasteiger partial charge in [0.15, 0.2) is 5.96 Å². The molecule has 1 aliphatic carbocycles. The fraction of sp³-hybridized carbons (Fsp3) is 0.545. The van der Waals surface area contributed by atoms with Gasteiger partial charge in [0.2, 0.25) is 0 Å². The molecule has 0 saturated carbocycles. The Morgan fingerprint density at radius 1 is 1.28 bits per heavy atom. The van der Waals surface area contributed by atoms with Crippen LogP contribution in [0.3, 0.4) is 0 Å². The second-order valence-electron chi connectivity index (χ2n) is 8.05. The first-order chi connectivity index (χ1) is 13.6. The Hall–Kier alpha value is -1.61. The van der Waals surface area contributed by atoms with Crippen molar-refractivity contribution in [2.75, 3.05) is 6.54 Å². The number of nitrogens with one attached hydrogen (secondary N) is 2. The number of aliphatic imine (C=N–C) groups is 1. The summed E-state index contributed by atoms with van der Waals surface area (Å²) in [5.74, 6) is 0.885. The zero-order valence-corrected chi connectivity index (χ0v) is 19.9. The van der Waals surface area contributed by atoms with Gasteiger partial charge in [-0.3, -0.25) is 4.68 Å². The van der Waals surface area contributed by atoms with Gasteiger partial charge in [-0.1, -0.05) is 18.2 Å². The van der Waals surface area contributed by atoms with Crippen LogP contribution in [-0.2, 0) is 37.3 Å². The standard InChI is InChI=1S/C22H31N5O.HI/c1-4-23-22(24-11-16-5-6-18-13-28-14-19(18)9-16)25-20-8-7-17-12-27(15(2)3)26-21(17)10-20;/h5-6,9,12,15,20H,4,7-8,10-11,13-14H2,1-3H3,(H2,23,24,25);1H. The van der Waals surface area contributed by atoms with Gasteiger partial charge in [-0.15, -0.1) is 24.0 Å². The Morgan fingerprint density at radius 3 is 2.90 bits per heavy atom.